The number of hydrogen-bond acceptors (Lipinski definition) is 3. The summed E-state index contributed by atoms with van der Waals surface area (Å²) in [7, 11) is 2.05. The van der Waals surface area contributed by atoms with E-state index >= 15 is 0 Å². The third kappa shape index (κ3) is 1.86. The largest absolute Gasteiger partial charge is 0.307 e. The van der Waals surface area contributed by atoms with Crippen LogP contribution >= 0.6 is 0 Å². The van der Waals surface area contributed by atoms with Gasteiger partial charge in [0.2, 0.25) is 0 Å². The summed E-state index contributed by atoms with van der Waals surface area (Å²) in [5, 5.41) is 4.49. The molecule has 92 valence electrons. The zero-order valence-corrected chi connectivity index (χ0v) is 10.7. The maximum Gasteiger partial charge on any atom is 0.251 e. The fourth-order valence-corrected chi connectivity index (χ4v) is 2.16. The van der Waals surface area contributed by atoms with Crippen LogP contribution in [0.1, 0.15) is 30.8 Å². The molecule has 0 saturated carbocycles. The molecular formula is C12H18N4O. The van der Waals surface area contributed by atoms with Gasteiger partial charge in [-0.15, -0.1) is 0 Å². The number of aromatic nitrogens is 3. The molecule has 0 bridgehead atoms. The maximum atomic E-state index is 11.4. The minimum Gasteiger partial charge on any atom is -0.307 e. The Labute approximate surface area is 100 Å². The molecule has 0 unspecified atom stereocenters. The van der Waals surface area contributed by atoms with Gasteiger partial charge in [-0.3, -0.25) is 9.69 Å². The molecular weight excluding hydrogens is 216 g/mol. The van der Waals surface area contributed by atoms with E-state index in [0.29, 0.717) is 0 Å². The van der Waals surface area contributed by atoms with Crippen molar-refractivity contribution in [3.63, 3.8) is 0 Å². The lowest BCUT2D eigenvalue weighted by molar-refractivity contribution is 0.348. The van der Waals surface area contributed by atoms with E-state index in [0.717, 1.165) is 35.7 Å². The van der Waals surface area contributed by atoms with Crippen molar-refractivity contribution in [2.45, 2.75) is 33.9 Å². The zero-order valence-electron chi connectivity index (χ0n) is 10.7. The Morgan fingerprint density at radius 3 is 2.76 bits per heavy atom. The number of aryl methyl sites for hydroxylation is 1. The Balaban J connectivity index is 0.000000514. The highest BCUT2D eigenvalue weighted by Crippen LogP contribution is 2.23. The van der Waals surface area contributed by atoms with Gasteiger partial charge >= 0.3 is 0 Å². The van der Waals surface area contributed by atoms with Crippen molar-refractivity contribution in [3.05, 3.63) is 33.4 Å². The van der Waals surface area contributed by atoms with Crippen molar-refractivity contribution >= 4 is 5.65 Å². The molecule has 3 rings (SSSR count). The van der Waals surface area contributed by atoms with Crippen LogP contribution in [0.3, 0.4) is 0 Å². The summed E-state index contributed by atoms with van der Waals surface area (Å²) < 4.78 is 1.82. The Morgan fingerprint density at radius 2 is 2.06 bits per heavy atom. The monoisotopic (exact) mass is 234 g/mol. The summed E-state index contributed by atoms with van der Waals surface area (Å²) in [6.07, 6.45) is 0. The van der Waals surface area contributed by atoms with Crippen LogP contribution in [0.15, 0.2) is 10.9 Å². The van der Waals surface area contributed by atoms with Gasteiger partial charge in [-0.2, -0.15) is 5.10 Å². The zero-order chi connectivity index (χ0) is 12.6. The topological polar surface area (TPSA) is 53.4 Å². The van der Waals surface area contributed by atoms with Crippen molar-refractivity contribution in [1.82, 2.24) is 19.5 Å². The van der Waals surface area contributed by atoms with Crippen molar-refractivity contribution < 1.29 is 0 Å². The first-order valence-electron chi connectivity index (χ1n) is 5.94. The average molecular weight is 234 g/mol. The molecule has 0 saturated heterocycles. The van der Waals surface area contributed by atoms with Crippen molar-refractivity contribution in [3.8, 4) is 0 Å². The first-order valence-corrected chi connectivity index (χ1v) is 5.94. The van der Waals surface area contributed by atoms with Crippen LogP contribution in [0.4, 0.5) is 0 Å². The van der Waals surface area contributed by atoms with E-state index in [1.807, 2.05) is 32.3 Å². The van der Waals surface area contributed by atoms with Gasteiger partial charge in [0.05, 0.1) is 5.69 Å². The highest BCUT2D eigenvalue weighted by Gasteiger charge is 2.23. The Morgan fingerprint density at radius 1 is 1.35 bits per heavy atom. The number of aromatic amines is 1. The Hall–Kier alpha value is -1.62. The van der Waals surface area contributed by atoms with Crippen LogP contribution in [0.25, 0.3) is 5.65 Å². The maximum absolute atomic E-state index is 11.4. The van der Waals surface area contributed by atoms with Gasteiger partial charge in [0.25, 0.3) is 5.56 Å². The molecule has 1 aliphatic heterocycles. The molecule has 0 spiro atoms. The molecule has 5 heteroatoms. The van der Waals surface area contributed by atoms with E-state index < -0.39 is 0 Å². The van der Waals surface area contributed by atoms with Crippen LogP contribution in [-0.2, 0) is 13.1 Å². The molecule has 5 nitrogen and oxygen atoms in total. The first-order chi connectivity index (χ1) is 8.15. The number of H-pyrrole nitrogens is 1. The molecule has 0 aliphatic carbocycles. The number of hydrogen-bond donors (Lipinski definition) is 1. The van der Waals surface area contributed by atoms with E-state index in [4.69, 9.17) is 0 Å². The Kier molecular flexibility index (Phi) is 3.02. The summed E-state index contributed by atoms with van der Waals surface area (Å²) in [6.45, 7) is 7.62. The van der Waals surface area contributed by atoms with Crippen molar-refractivity contribution in [2.75, 3.05) is 7.05 Å². The molecule has 2 aromatic rings. The Bertz CT molecular complexity index is 596. The summed E-state index contributed by atoms with van der Waals surface area (Å²) in [5.74, 6) is 0. The van der Waals surface area contributed by atoms with Gasteiger partial charge in [-0.25, -0.2) is 4.52 Å². The van der Waals surface area contributed by atoms with Crippen LogP contribution in [0, 0.1) is 6.92 Å². The minimum atomic E-state index is -0.0581. The first kappa shape index (κ1) is 11.9. The SMILES string of the molecule is CC.Cc1cc(=O)[nH]c2c3c(nn12)CN(C)C3. The van der Waals surface area contributed by atoms with E-state index in [1.54, 1.807) is 6.07 Å². The number of nitrogens with one attached hydrogen (secondary N) is 1. The predicted molar refractivity (Wildman–Crippen MR) is 67.1 cm³/mol. The van der Waals surface area contributed by atoms with Gasteiger partial charge < -0.3 is 4.98 Å². The van der Waals surface area contributed by atoms with Gasteiger partial charge in [0.15, 0.2) is 0 Å². The summed E-state index contributed by atoms with van der Waals surface area (Å²) in [5.41, 5.74) is 3.89. The molecule has 1 aliphatic rings. The van der Waals surface area contributed by atoms with Gasteiger partial charge in [-0.1, -0.05) is 13.8 Å². The van der Waals surface area contributed by atoms with Crippen LogP contribution in [-0.4, -0.2) is 26.5 Å². The smallest absolute Gasteiger partial charge is 0.251 e. The predicted octanol–water partition coefficient (Wildman–Crippen LogP) is 1.30. The standard InChI is InChI=1S/C10H12N4O.C2H6/c1-6-3-9(15)11-10-7-4-13(2)5-8(7)12-14(6)10;1-2/h3H,4-5H2,1-2H3,(H,11,15);1-2H3. The summed E-state index contributed by atoms with van der Waals surface area (Å²) >= 11 is 0. The molecule has 0 fully saturated rings. The lowest BCUT2D eigenvalue weighted by atomic mass is 10.3. The van der Waals surface area contributed by atoms with E-state index in [1.165, 1.54) is 0 Å². The number of rotatable bonds is 0. The lowest BCUT2D eigenvalue weighted by Crippen LogP contribution is -2.13. The van der Waals surface area contributed by atoms with Crippen molar-refractivity contribution in [2.24, 2.45) is 0 Å². The second kappa shape index (κ2) is 4.33. The highest BCUT2D eigenvalue weighted by atomic mass is 16.1. The summed E-state index contributed by atoms with van der Waals surface area (Å²) in [6, 6.07) is 1.57. The quantitative estimate of drug-likeness (QED) is 0.747. The fourth-order valence-electron chi connectivity index (χ4n) is 2.16. The molecule has 0 radical (unpaired) electrons. The highest BCUT2D eigenvalue weighted by molar-refractivity contribution is 5.52. The normalized spacial score (nSPS) is 14.6. The van der Waals surface area contributed by atoms with Crippen LogP contribution < -0.4 is 5.56 Å². The minimum absolute atomic E-state index is 0.0581. The third-order valence-corrected chi connectivity index (χ3v) is 2.83. The molecule has 0 aromatic carbocycles. The number of fused-ring (bicyclic) bond motifs is 3. The molecule has 0 amide bonds. The van der Waals surface area contributed by atoms with E-state index in [-0.39, 0.29) is 5.56 Å². The molecule has 0 atom stereocenters. The summed E-state index contributed by atoms with van der Waals surface area (Å²) in [4.78, 5) is 16.4. The second-order valence-corrected chi connectivity index (χ2v) is 4.13. The molecule has 3 heterocycles. The average Bonchev–Trinajstić information content (AvgIpc) is 2.79. The molecule has 2 aromatic heterocycles. The van der Waals surface area contributed by atoms with Gasteiger partial charge in [0.1, 0.15) is 5.65 Å². The molecule has 17 heavy (non-hydrogen) atoms. The third-order valence-electron chi connectivity index (χ3n) is 2.83. The van der Waals surface area contributed by atoms with E-state index in [2.05, 4.69) is 15.0 Å². The number of nitrogens with zero attached hydrogens (tertiary/aromatic N) is 3. The van der Waals surface area contributed by atoms with Crippen LogP contribution in [0.5, 0.6) is 0 Å². The van der Waals surface area contributed by atoms with Crippen molar-refractivity contribution in [1.29, 1.82) is 0 Å². The van der Waals surface area contributed by atoms with Gasteiger partial charge in [-0.05, 0) is 14.0 Å². The lowest BCUT2D eigenvalue weighted by Gasteiger charge is -2.06. The fraction of sp³-hybridized carbons (Fsp3) is 0.500. The second-order valence-electron chi connectivity index (χ2n) is 4.13. The van der Waals surface area contributed by atoms with E-state index in [9.17, 15) is 4.79 Å². The molecule has 1 N–H and O–H groups in total. The van der Waals surface area contributed by atoms with Gasteiger partial charge in [0, 0.05) is 30.4 Å². The van der Waals surface area contributed by atoms with Crippen LogP contribution in [0.2, 0.25) is 0 Å².